The van der Waals surface area contributed by atoms with E-state index in [2.05, 4.69) is 16.6 Å². The quantitative estimate of drug-likeness (QED) is 0.414. The molecular formula is C25H24Cl2N2O5S. The maximum absolute atomic E-state index is 12.1. The SMILES string of the molecule is CCS(=O)(=O)Nc1ccc(Oc2ccc(Cl)cc2C#CCC(C)O)c(-c2cn(C)c(=O)cc2Cl)c1. The van der Waals surface area contributed by atoms with Gasteiger partial charge in [-0.2, -0.15) is 0 Å². The molecule has 2 aromatic carbocycles. The van der Waals surface area contributed by atoms with Crippen LogP contribution in [-0.4, -0.2) is 29.9 Å². The van der Waals surface area contributed by atoms with Crippen LogP contribution in [0.15, 0.2) is 53.5 Å². The lowest BCUT2D eigenvalue weighted by molar-refractivity contribution is 0.201. The molecule has 1 heterocycles. The van der Waals surface area contributed by atoms with E-state index in [9.17, 15) is 18.3 Å². The number of anilines is 1. The van der Waals surface area contributed by atoms with Gasteiger partial charge in [-0.25, -0.2) is 8.42 Å². The summed E-state index contributed by atoms with van der Waals surface area (Å²) in [5.41, 5.74) is 1.45. The van der Waals surface area contributed by atoms with Crippen molar-refractivity contribution in [1.82, 2.24) is 4.57 Å². The van der Waals surface area contributed by atoms with E-state index < -0.39 is 16.1 Å². The third-order valence-corrected chi connectivity index (χ3v) is 6.74. The number of benzene rings is 2. The Bertz CT molecular complexity index is 1470. The van der Waals surface area contributed by atoms with Crippen LogP contribution in [0.3, 0.4) is 0 Å². The molecule has 0 aliphatic carbocycles. The molecule has 0 fully saturated rings. The van der Waals surface area contributed by atoms with Crippen molar-refractivity contribution in [3.05, 3.63) is 74.6 Å². The third-order valence-electron chi connectivity index (χ3n) is 4.88. The van der Waals surface area contributed by atoms with Gasteiger partial charge in [-0.1, -0.05) is 35.0 Å². The van der Waals surface area contributed by atoms with Gasteiger partial charge in [-0.15, -0.1) is 0 Å². The summed E-state index contributed by atoms with van der Waals surface area (Å²) < 4.78 is 34.3. The fraction of sp³-hybridized carbons (Fsp3) is 0.240. The molecule has 1 aromatic heterocycles. The number of hydrogen-bond acceptors (Lipinski definition) is 5. The van der Waals surface area contributed by atoms with E-state index in [1.807, 2.05) is 0 Å². The molecule has 0 aliphatic rings. The molecule has 0 radical (unpaired) electrons. The summed E-state index contributed by atoms with van der Waals surface area (Å²) in [6.07, 6.45) is 1.25. The molecule has 10 heteroatoms. The Hall–Kier alpha value is -2.96. The van der Waals surface area contributed by atoms with Crippen LogP contribution in [0, 0.1) is 11.8 Å². The number of sulfonamides is 1. The molecule has 3 rings (SSSR count). The number of hydrogen-bond donors (Lipinski definition) is 2. The zero-order chi connectivity index (χ0) is 25.8. The second kappa shape index (κ2) is 11.2. The Kier molecular flexibility index (Phi) is 8.51. The Morgan fingerprint density at radius 2 is 1.83 bits per heavy atom. The Labute approximate surface area is 214 Å². The summed E-state index contributed by atoms with van der Waals surface area (Å²) >= 11 is 12.6. The Balaban J connectivity index is 2.15. The molecule has 0 amide bonds. The van der Waals surface area contributed by atoms with E-state index in [1.54, 1.807) is 56.6 Å². The summed E-state index contributed by atoms with van der Waals surface area (Å²) in [5.74, 6) is 6.51. The van der Waals surface area contributed by atoms with Crippen LogP contribution in [0.2, 0.25) is 10.0 Å². The molecule has 0 bridgehead atoms. The molecular weight excluding hydrogens is 511 g/mol. The standard InChI is InChI=1S/C25H24Cl2N2O5S/c1-4-35(32,33)28-19-9-11-24(20(13-19)21-15-29(3)25(31)14-22(21)27)34-23-10-8-18(26)12-17(23)7-5-6-16(2)30/h8-16,28,30H,4,6H2,1-3H3. The minimum Gasteiger partial charge on any atom is -0.455 e. The lowest BCUT2D eigenvalue weighted by Gasteiger charge is -2.16. The molecule has 0 saturated heterocycles. The Morgan fingerprint density at radius 3 is 2.51 bits per heavy atom. The molecule has 184 valence electrons. The van der Waals surface area contributed by atoms with Crippen LogP contribution in [0.1, 0.15) is 25.8 Å². The molecule has 0 spiro atoms. The van der Waals surface area contributed by atoms with E-state index in [0.29, 0.717) is 38.9 Å². The van der Waals surface area contributed by atoms with Crippen molar-refractivity contribution in [2.75, 3.05) is 10.5 Å². The highest BCUT2D eigenvalue weighted by Gasteiger charge is 2.17. The number of nitrogens with zero attached hydrogens (tertiary/aromatic N) is 1. The maximum Gasteiger partial charge on any atom is 0.251 e. The number of aliphatic hydroxyl groups is 1. The van der Waals surface area contributed by atoms with E-state index >= 15 is 0 Å². The van der Waals surface area contributed by atoms with Gasteiger partial charge in [0.1, 0.15) is 11.5 Å². The van der Waals surface area contributed by atoms with Crippen LogP contribution in [-0.2, 0) is 17.1 Å². The summed E-state index contributed by atoms with van der Waals surface area (Å²) in [5, 5.41) is 10.1. The van der Waals surface area contributed by atoms with E-state index in [0.717, 1.165) is 0 Å². The monoisotopic (exact) mass is 534 g/mol. The first-order valence-electron chi connectivity index (χ1n) is 10.6. The van der Waals surface area contributed by atoms with Gasteiger partial charge in [-0.3, -0.25) is 9.52 Å². The van der Waals surface area contributed by atoms with Crippen molar-refractivity contribution < 1.29 is 18.3 Å². The van der Waals surface area contributed by atoms with Crippen LogP contribution in [0.5, 0.6) is 11.5 Å². The fourth-order valence-electron chi connectivity index (χ4n) is 3.05. The second-order valence-corrected chi connectivity index (χ2v) is 10.7. The molecule has 35 heavy (non-hydrogen) atoms. The van der Waals surface area contributed by atoms with Crippen molar-refractivity contribution in [3.8, 4) is 34.5 Å². The highest BCUT2D eigenvalue weighted by atomic mass is 35.5. The maximum atomic E-state index is 12.1. The van der Waals surface area contributed by atoms with Gasteiger partial charge in [0.25, 0.3) is 5.56 Å². The van der Waals surface area contributed by atoms with Crippen LogP contribution in [0.4, 0.5) is 5.69 Å². The Morgan fingerprint density at radius 1 is 1.11 bits per heavy atom. The summed E-state index contributed by atoms with van der Waals surface area (Å²) in [4.78, 5) is 12.0. The van der Waals surface area contributed by atoms with Gasteiger partial charge in [0.15, 0.2) is 0 Å². The van der Waals surface area contributed by atoms with Crippen LogP contribution >= 0.6 is 23.2 Å². The zero-order valence-corrected chi connectivity index (χ0v) is 21.6. The van der Waals surface area contributed by atoms with Gasteiger partial charge >= 0.3 is 0 Å². The van der Waals surface area contributed by atoms with Crippen LogP contribution < -0.4 is 15.0 Å². The summed E-state index contributed by atoms with van der Waals surface area (Å²) in [6.45, 7) is 3.17. The zero-order valence-electron chi connectivity index (χ0n) is 19.3. The fourth-order valence-corrected chi connectivity index (χ4v) is 4.10. The molecule has 0 saturated carbocycles. The van der Waals surface area contributed by atoms with Crippen molar-refractivity contribution in [2.45, 2.75) is 26.4 Å². The largest absolute Gasteiger partial charge is 0.455 e. The number of pyridine rings is 1. The molecule has 1 unspecified atom stereocenters. The van der Waals surface area contributed by atoms with Gasteiger partial charge in [0.2, 0.25) is 10.0 Å². The minimum absolute atomic E-state index is 0.0968. The topological polar surface area (TPSA) is 97.6 Å². The van der Waals surface area contributed by atoms with Crippen molar-refractivity contribution in [3.63, 3.8) is 0 Å². The number of rotatable bonds is 7. The predicted octanol–water partition coefficient (Wildman–Crippen LogP) is 5.04. The molecule has 7 nitrogen and oxygen atoms in total. The smallest absolute Gasteiger partial charge is 0.251 e. The average Bonchev–Trinajstić information content (AvgIpc) is 2.78. The van der Waals surface area contributed by atoms with E-state index in [-0.39, 0.29) is 22.8 Å². The molecule has 3 aromatic rings. The summed E-state index contributed by atoms with van der Waals surface area (Å²) in [7, 11) is -1.94. The van der Waals surface area contributed by atoms with E-state index in [1.165, 1.54) is 17.6 Å². The van der Waals surface area contributed by atoms with Gasteiger partial charge < -0.3 is 14.4 Å². The number of nitrogens with one attached hydrogen (secondary N) is 1. The van der Waals surface area contributed by atoms with Crippen molar-refractivity contribution >= 4 is 38.9 Å². The number of ether oxygens (including phenoxy) is 1. The van der Waals surface area contributed by atoms with Gasteiger partial charge in [-0.05, 0) is 50.2 Å². The predicted molar refractivity (Wildman–Crippen MR) is 140 cm³/mol. The highest BCUT2D eigenvalue weighted by Crippen LogP contribution is 2.39. The minimum atomic E-state index is -3.53. The van der Waals surface area contributed by atoms with Crippen molar-refractivity contribution in [1.29, 1.82) is 0 Å². The van der Waals surface area contributed by atoms with Crippen molar-refractivity contribution in [2.24, 2.45) is 7.05 Å². The molecule has 0 aliphatic heterocycles. The average molecular weight is 535 g/mol. The molecule has 1 atom stereocenters. The highest BCUT2D eigenvalue weighted by molar-refractivity contribution is 7.92. The summed E-state index contributed by atoms with van der Waals surface area (Å²) in [6, 6.07) is 11.0. The van der Waals surface area contributed by atoms with Crippen LogP contribution in [0.25, 0.3) is 11.1 Å². The normalized spacial score (nSPS) is 11.9. The number of aryl methyl sites for hydroxylation is 1. The lowest BCUT2D eigenvalue weighted by Crippen LogP contribution is -2.15. The van der Waals surface area contributed by atoms with Gasteiger partial charge in [0.05, 0.1) is 22.4 Å². The second-order valence-electron chi connectivity index (χ2n) is 7.80. The first kappa shape index (κ1) is 26.6. The third kappa shape index (κ3) is 7.03. The first-order valence-corrected chi connectivity index (χ1v) is 13.1. The van der Waals surface area contributed by atoms with E-state index in [4.69, 9.17) is 27.9 Å². The number of aliphatic hydroxyl groups excluding tert-OH is 1. The lowest BCUT2D eigenvalue weighted by atomic mass is 10.1. The first-order chi connectivity index (χ1) is 16.5. The van der Waals surface area contributed by atoms with Gasteiger partial charge in [0, 0.05) is 47.6 Å². The number of halogens is 2. The number of aromatic nitrogens is 1. The molecule has 2 N–H and O–H groups in total.